The van der Waals surface area contributed by atoms with Crippen molar-refractivity contribution in [3.05, 3.63) is 77.9 Å². The summed E-state index contributed by atoms with van der Waals surface area (Å²) >= 11 is 1.79. The van der Waals surface area contributed by atoms with Crippen LogP contribution in [0.5, 0.6) is 5.75 Å². The molecule has 0 amide bonds. The molecule has 25 heavy (non-hydrogen) atoms. The minimum atomic E-state index is 0.637. The van der Waals surface area contributed by atoms with Crippen LogP contribution in [-0.2, 0) is 11.3 Å². The van der Waals surface area contributed by atoms with Crippen LogP contribution in [0.3, 0.4) is 0 Å². The molecule has 2 rings (SSSR count). The van der Waals surface area contributed by atoms with Gasteiger partial charge in [-0.25, -0.2) is 0 Å². The van der Waals surface area contributed by atoms with Crippen molar-refractivity contribution >= 4 is 11.3 Å². The molecule has 0 atom stereocenters. The van der Waals surface area contributed by atoms with E-state index in [1.54, 1.807) is 25.6 Å². The summed E-state index contributed by atoms with van der Waals surface area (Å²) in [6.07, 6.45) is 3.76. The van der Waals surface area contributed by atoms with Gasteiger partial charge in [-0.1, -0.05) is 31.4 Å². The molecule has 4 heteroatoms. The predicted octanol–water partition coefficient (Wildman–Crippen LogP) is 5.13. The second kappa shape index (κ2) is 9.25. The van der Waals surface area contributed by atoms with E-state index in [0.717, 1.165) is 30.0 Å². The van der Waals surface area contributed by atoms with Crippen LogP contribution in [0.25, 0.3) is 10.4 Å². The van der Waals surface area contributed by atoms with Crippen LogP contribution in [0.15, 0.2) is 73.0 Å². The van der Waals surface area contributed by atoms with E-state index < -0.39 is 0 Å². The van der Waals surface area contributed by atoms with Gasteiger partial charge in [-0.15, -0.1) is 11.3 Å². The largest absolute Gasteiger partial charge is 0.497 e. The molecule has 3 nitrogen and oxygen atoms in total. The van der Waals surface area contributed by atoms with Crippen molar-refractivity contribution in [1.82, 2.24) is 4.90 Å². The second-order valence-electron chi connectivity index (χ2n) is 5.73. The Morgan fingerprint density at radius 1 is 1.20 bits per heavy atom. The molecular weight excluding hydrogens is 330 g/mol. The number of para-hydroxylation sites is 1. The lowest BCUT2D eigenvalue weighted by Gasteiger charge is -2.16. The van der Waals surface area contributed by atoms with E-state index in [0.29, 0.717) is 5.76 Å². The lowest BCUT2D eigenvalue weighted by atomic mass is 10.1. The summed E-state index contributed by atoms with van der Waals surface area (Å²) in [7, 11) is 5.42. The minimum absolute atomic E-state index is 0.637. The second-order valence-corrected chi connectivity index (χ2v) is 6.90. The minimum Gasteiger partial charge on any atom is -0.497 e. The average Bonchev–Trinajstić information content (AvgIpc) is 3.08. The maximum Gasteiger partial charge on any atom is 0.127 e. The van der Waals surface area contributed by atoms with Crippen molar-refractivity contribution in [3.8, 4) is 16.2 Å². The lowest BCUT2D eigenvalue weighted by Crippen LogP contribution is -2.19. The summed E-state index contributed by atoms with van der Waals surface area (Å²) < 4.78 is 10.6. The molecule has 1 aromatic heterocycles. The van der Waals surface area contributed by atoms with Crippen LogP contribution in [0.2, 0.25) is 0 Å². The first-order valence-corrected chi connectivity index (χ1v) is 8.85. The Hall–Kier alpha value is -2.30. The molecule has 0 saturated carbocycles. The topological polar surface area (TPSA) is 21.7 Å². The fourth-order valence-electron chi connectivity index (χ4n) is 2.52. The SMILES string of the molecule is C=C/C(=C\C(=C)OC)CN(C)Cc1ccc(-c2ccccc2OC)s1. The number of thiophene rings is 1. The van der Waals surface area contributed by atoms with Gasteiger partial charge in [-0.3, -0.25) is 4.90 Å². The Morgan fingerprint density at radius 3 is 2.64 bits per heavy atom. The maximum atomic E-state index is 5.46. The molecule has 1 aromatic carbocycles. The Morgan fingerprint density at radius 2 is 1.96 bits per heavy atom. The highest BCUT2D eigenvalue weighted by Crippen LogP contribution is 2.35. The molecule has 2 aromatic rings. The average molecular weight is 356 g/mol. The molecule has 0 unspecified atom stereocenters. The monoisotopic (exact) mass is 355 g/mol. The van der Waals surface area contributed by atoms with Crippen molar-refractivity contribution in [2.75, 3.05) is 27.8 Å². The number of benzene rings is 1. The summed E-state index contributed by atoms with van der Waals surface area (Å²) in [5.74, 6) is 1.54. The number of hydrogen-bond donors (Lipinski definition) is 0. The third kappa shape index (κ3) is 5.34. The van der Waals surface area contributed by atoms with E-state index >= 15 is 0 Å². The molecule has 0 saturated heterocycles. The first-order chi connectivity index (χ1) is 12.1. The van der Waals surface area contributed by atoms with Crippen LogP contribution in [0.1, 0.15) is 4.88 Å². The fourth-order valence-corrected chi connectivity index (χ4v) is 3.64. The molecule has 0 fully saturated rings. The van der Waals surface area contributed by atoms with Gasteiger partial charge in [0.15, 0.2) is 0 Å². The van der Waals surface area contributed by atoms with Crippen molar-refractivity contribution in [2.24, 2.45) is 0 Å². The Bertz CT molecular complexity index is 761. The van der Waals surface area contributed by atoms with Crippen molar-refractivity contribution in [3.63, 3.8) is 0 Å². The summed E-state index contributed by atoms with van der Waals surface area (Å²) in [5.41, 5.74) is 2.21. The normalized spacial score (nSPS) is 11.4. The molecule has 0 aliphatic heterocycles. The van der Waals surface area contributed by atoms with Gasteiger partial charge in [0.1, 0.15) is 11.5 Å². The molecule has 0 aliphatic carbocycles. The third-order valence-electron chi connectivity index (χ3n) is 3.78. The van der Waals surface area contributed by atoms with Crippen LogP contribution < -0.4 is 4.74 Å². The summed E-state index contributed by atoms with van der Waals surface area (Å²) in [6.45, 7) is 9.35. The summed E-state index contributed by atoms with van der Waals surface area (Å²) in [5, 5.41) is 0. The molecule has 0 radical (unpaired) electrons. The highest BCUT2D eigenvalue weighted by molar-refractivity contribution is 7.15. The molecule has 0 N–H and O–H groups in total. The van der Waals surface area contributed by atoms with Gasteiger partial charge in [0.25, 0.3) is 0 Å². The van der Waals surface area contributed by atoms with E-state index in [9.17, 15) is 0 Å². The summed E-state index contributed by atoms with van der Waals surface area (Å²) in [6, 6.07) is 12.4. The predicted molar refractivity (Wildman–Crippen MR) is 107 cm³/mol. The van der Waals surface area contributed by atoms with Gasteiger partial charge in [-0.2, -0.15) is 0 Å². The van der Waals surface area contributed by atoms with Crippen molar-refractivity contribution in [1.29, 1.82) is 0 Å². The van der Waals surface area contributed by atoms with Gasteiger partial charge < -0.3 is 9.47 Å². The van der Waals surface area contributed by atoms with Crippen LogP contribution in [0.4, 0.5) is 0 Å². The molecule has 132 valence electrons. The number of ether oxygens (including phenoxy) is 2. The smallest absolute Gasteiger partial charge is 0.127 e. The van der Waals surface area contributed by atoms with Crippen LogP contribution >= 0.6 is 11.3 Å². The first kappa shape index (κ1) is 19.0. The van der Waals surface area contributed by atoms with Crippen molar-refractivity contribution < 1.29 is 9.47 Å². The van der Waals surface area contributed by atoms with Gasteiger partial charge in [0, 0.05) is 28.4 Å². The van der Waals surface area contributed by atoms with E-state index in [2.05, 4.69) is 43.3 Å². The van der Waals surface area contributed by atoms with Gasteiger partial charge in [0.2, 0.25) is 0 Å². The molecule has 1 heterocycles. The Kier molecular flexibility index (Phi) is 7.04. The highest BCUT2D eigenvalue weighted by Gasteiger charge is 2.10. The zero-order valence-electron chi connectivity index (χ0n) is 15.1. The highest BCUT2D eigenvalue weighted by atomic mass is 32.1. The molecular formula is C21H25NO2S. The molecule has 0 aliphatic rings. The molecule has 0 bridgehead atoms. The van der Waals surface area contributed by atoms with E-state index in [1.165, 1.54) is 9.75 Å². The number of hydrogen-bond acceptors (Lipinski definition) is 4. The number of allylic oxidation sites excluding steroid dienone is 1. The zero-order valence-corrected chi connectivity index (χ0v) is 15.9. The first-order valence-electron chi connectivity index (χ1n) is 8.04. The fraction of sp³-hybridized carbons (Fsp3) is 0.238. The summed E-state index contributed by atoms with van der Waals surface area (Å²) in [4.78, 5) is 4.76. The van der Waals surface area contributed by atoms with E-state index in [4.69, 9.17) is 9.47 Å². The van der Waals surface area contributed by atoms with Gasteiger partial charge in [0.05, 0.1) is 14.2 Å². The van der Waals surface area contributed by atoms with Gasteiger partial charge >= 0.3 is 0 Å². The third-order valence-corrected chi connectivity index (χ3v) is 4.89. The standard InChI is InChI=1S/C21H25NO2S/c1-6-17(13-16(2)23-4)14-22(3)15-18-11-12-21(25-18)19-9-7-8-10-20(19)24-5/h6-13H,1-2,14-15H2,3-5H3/b17-13+. The van der Waals surface area contributed by atoms with Crippen molar-refractivity contribution in [2.45, 2.75) is 6.54 Å². The quantitative estimate of drug-likeness (QED) is 0.460. The van der Waals surface area contributed by atoms with Crippen LogP contribution in [0, 0.1) is 0 Å². The Balaban J connectivity index is 2.06. The van der Waals surface area contributed by atoms with E-state index in [-0.39, 0.29) is 0 Å². The van der Waals surface area contributed by atoms with Crippen LogP contribution in [-0.4, -0.2) is 32.7 Å². The van der Waals surface area contributed by atoms with Gasteiger partial charge in [-0.05, 0) is 43.0 Å². The zero-order chi connectivity index (χ0) is 18.2. The number of rotatable bonds is 9. The molecule has 0 spiro atoms. The maximum absolute atomic E-state index is 5.46. The number of nitrogens with zero attached hydrogens (tertiary/aromatic N) is 1. The van der Waals surface area contributed by atoms with E-state index in [1.807, 2.05) is 30.4 Å². The number of likely N-dealkylation sites (N-methyl/N-ethyl adjacent to an activating group) is 1. The Labute approximate surface area is 154 Å². The number of methoxy groups -OCH3 is 2. The lowest BCUT2D eigenvalue weighted by molar-refractivity contribution is 0.307.